The number of anilines is 3. The van der Waals surface area contributed by atoms with Crippen molar-refractivity contribution in [3.63, 3.8) is 0 Å². The molecule has 6 aromatic heterocycles. The molecule has 0 aliphatic carbocycles. The maximum Gasteiger partial charge on any atom is 0.407 e. The summed E-state index contributed by atoms with van der Waals surface area (Å²) in [5.41, 5.74) is 13.8. The fourth-order valence-electron chi connectivity index (χ4n) is 7.94. The average Bonchev–Trinajstić information content (AvgIpc) is 3.40. The van der Waals surface area contributed by atoms with E-state index in [2.05, 4.69) is 148 Å². The minimum atomic E-state index is -0.540. The molecule has 2 amide bonds. The first-order chi connectivity index (χ1) is 40.9. The molecule has 6 heterocycles. The number of ketones is 2. The SMILES string of the molecule is CC(C)(C)OC(=O)NCCn1cc(N)cn1.CS.Cc1cc(-c2ccnc(Cl)n2)ccc1CCC(=O)c1cnc(C(C)(C)C)s1.Cc1cc(-c2ccnc(Nc3cnn(CCNC(=O)OC(C)(C)C)c3)n2)ccc1CCC(=O)c1cnc(C(C)(C)C)s1. The van der Waals surface area contributed by atoms with Gasteiger partial charge in [0.15, 0.2) is 11.6 Å². The molecule has 5 N–H and O–H groups in total. The highest BCUT2D eigenvalue weighted by molar-refractivity contribution is 7.79. The number of ether oxygens (including phenoxy) is 2. The van der Waals surface area contributed by atoms with Gasteiger partial charge >= 0.3 is 12.2 Å². The third-order valence-corrected chi connectivity index (χ3v) is 15.3. The number of aryl methyl sites for hydroxylation is 4. The van der Waals surface area contributed by atoms with E-state index in [1.54, 1.807) is 59.0 Å². The quantitative estimate of drug-likeness (QED) is 0.0304. The highest BCUT2D eigenvalue weighted by atomic mass is 35.5. The molecule has 0 fully saturated rings. The van der Waals surface area contributed by atoms with Gasteiger partial charge in [-0.25, -0.2) is 39.5 Å². The van der Waals surface area contributed by atoms with Crippen molar-refractivity contribution in [2.24, 2.45) is 0 Å². The Bertz CT molecular complexity index is 3550. The molecule has 0 atom stereocenters. The number of thiazole rings is 2. The predicted octanol–water partition coefficient (Wildman–Crippen LogP) is 13.7. The molecule has 0 unspecified atom stereocenters. The van der Waals surface area contributed by atoms with Crippen LogP contribution < -0.4 is 21.7 Å². The second-order valence-electron chi connectivity index (χ2n) is 24.2. The number of carbonyl (C=O) groups is 4. The molecule has 87 heavy (non-hydrogen) atoms. The highest BCUT2D eigenvalue weighted by Gasteiger charge is 2.23. The van der Waals surface area contributed by atoms with Gasteiger partial charge in [0, 0.05) is 85.1 Å². The van der Waals surface area contributed by atoms with Crippen LogP contribution in [0, 0.1) is 13.8 Å². The van der Waals surface area contributed by atoms with Crippen molar-refractivity contribution in [1.82, 2.24) is 60.1 Å². The zero-order valence-corrected chi connectivity index (χ0v) is 55.8. The number of Topliss-reactive ketones (excluding diaryl/α,β-unsaturated/α-hetero) is 2. The first-order valence-corrected chi connectivity index (χ1v) is 31.2. The van der Waals surface area contributed by atoms with Crippen molar-refractivity contribution in [2.45, 2.75) is 158 Å². The number of nitrogen functional groups attached to an aromatic ring is 1. The summed E-state index contributed by atoms with van der Waals surface area (Å²) in [6, 6.07) is 16.0. The third kappa shape index (κ3) is 23.9. The van der Waals surface area contributed by atoms with Crippen LogP contribution in [-0.4, -0.2) is 104 Å². The molecule has 24 heteroatoms. The summed E-state index contributed by atoms with van der Waals surface area (Å²) in [6.45, 7) is 29.6. The molecule has 0 spiro atoms. The Labute approximate surface area is 529 Å². The minimum Gasteiger partial charge on any atom is -0.444 e. The van der Waals surface area contributed by atoms with E-state index in [-0.39, 0.29) is 27.7 Å². The maximum atomic E-state index is 12.8. The van der Waals surface area contributed by atoms with Crippen molar-refractivity contribution in [2.75, 3.05) is 30.4 Å². The fraction of sp³-hybridized carbons (Fsp3) is 0.429. The summed E-state index contributed by atoms with van der Waals surface area (Å²) in [6.07, 6.45) is 16.7. The number of aromatic nitrogens is 10. The number of halogens is 1. The Morgan fingerprint density at radius 3 is 1.46 bits per heavy atom. The maximum absolute atomic E-state index is 12.8. The largest absolute Gasteiger partial charge is 0.444 e. The number of alkyl carbamates (subject to hydrolysis) is 2. The summed E-state index contributed by atoms with van der Waals surface area (Å²) in [5.74, 6) is 0.722. The summed E-state index contributed by atoms with van der Waals surface area (Å²) >= 11 is 12.4. The number of nitrogens with one attached hydrogen (secondary N) is 3. The molecule has 8 aromatic rings. The average molecular weight is 1260 g/mol. The number of nitrogens with two attached hydrogens (primary N) is 1. The standard InChI is InChI=1S/C31H39N7O3S.C21H22ClN3OS.C10H18N4O2.CH4S/c1-20-16-22(9-8-21(20)10-11-25(39)26-18-34-27(42-26)30(2,3)4)24-12-13-32-28(37-24)36-23-17-35-38(19-23)15-14-33-29(40)41-31(5,6)7;1-13-11-15(16-9-10-23-20(22)25-16)6-5-14(13)7-8-17(26)18-12-24-19(27-18)21(2,3)4;1-10(2,3)16-9(15)12-4-5-14-7-8(11)6-13-14;1-2/h8-9,12-13,16-19H,10-11,14-15H2,1-7H3,(H,33,40)(H,32,36,37);5-6,9-12H,7-8H2,1-4H3;6-7H,4-5,11H2,1-3H3,(H,12,15);2H,1H3. The lowest BCUT2D eigenvalue weighted by atomic mass is 9.98. The number of amides is 2. The Kier molecular flexibility index (Phi) is 25.7. The number of rotatable bonds is 18. The molecule has 2 aromatic carbocycles. The lowest BCUT2D eigenvalue weighted by Crippen LogP contribution is -2.34. The predicted molar refractivity (Wildman–Crippen MR) is 352 cm³/mol. The van der Waals surface area contributed by atoms with E-state index in [0.29, 0.717) is 63.5 Å². The van der Waals surface area contributed by atoms with E-state index < -0.39 is 23.4 Å². The molecule has 0 saturated carbocycles. The number of benzene rings is 2. The van der Waals surface area contributed by atoms with Crippen LogP contribution in [-0.2, 0) is 46.2 Å². The second-order valence-corrected chi connectivity index (χ2v) is 26.6. The van der Waals surface area contributed by atoms with Gasteiger partial charge in [0.2, 0.25) is 11.2 Å². The monoisotopic (exact) mass is 1260 g/mol. The van der Waals surface area contributed by atoms with Gasteiger partial charge in [-0.15, -0.1) is 22.7 Å². The van der Waals surface area contributed by atoms with Crippen LogP contribution in [0.25, 0.3) is 22.5 Å². The number of nitrogens with zero attached hydrogens (tertiary/aromatic N) is 10. The second kappa shape index (κ2) is 31.9. The molecular weight excluding hydrogens is 1180 g/mol. The van der Waals surface area contributed by atoms with Gasteiger partial charge in [0.05, 0.1) is 68.0 Å². The Morgan fingerprint density at radius 2 is 1.05 bits per heavy atom. The van der Waals surface area contributed by atoms with Crippen molar-refractivity contribution >= 4 is 88.0 Å². The normalized spacial score (nSPS) is 11.4. The zero-order chi connectivity index (χ0) is 64.3. The van der Waals surface area contributed by atoms with Gasteiger partial charge in [0.1, 0.15) is 11.2 Å². The van der Waals surface area contributed by atoms with E-state index in [9.17, 15) is 19.2 Å². The topological polar surface area (TPSA) is 262 Å². The van der Waals surface area contributed by atoms with Crippen molar-refractivity contribution in [3.8, 4) is 22.5 Å². The van der Waals surface area contributed by atoms with Crippen LogP contribution in [0.15, 0.2) is 98.1 Å². The Balaban J connectivity index is 0.000000261. The van der Waals surface area contributed by atoms with Crippen LogP contribution in [0.5, 0.6) is 0 Å². The Morgan fingerprint density at radius 1 is 0.598 bits per heavy atom. The van der Waals surface area contributed by atoms with Crippen molar-refractivity contribution < 1.29 is 28.7 Å². The van der Waals surface area contributed by atoms with Gasteiger partial charge in [-0.2, -0.15) is 22.8 Å². The van der Waals surface area contributed by atoms with Crippen molar-refractivity contribution in [3.05, 3.63) is 145 Å². The van der Waals surface area contributed by atoms with E-state index in [4.69, 9.17) is 26.8 Å². The number of thiol groups is 1. The van der Waals surface area contributed by atoms with Gasteiger partial charge in [0.25, 0.3) is 0 Å². The van der Waals surface area contributed by atoms with Crippen LogP contribution in [0.3, 0.4) is 0 Å². The summed E-state index contributed by atoms with van der Waals surface area (Å²) in [5, 5.41) is 19.1. The van der Waals surface area contributed by atoms with Gasteiger partial charge < -0.3 is 31.2 Å². The lowest BCUT2D eigenvalue weighted by molar-refractivity contribution is 0.0514. The molecule has 0 saturated heterocycles. The zero-order valence-electron chi connectivity index (χ0n) is 52.5. The third-order valence-electron chi connectivity index (χ3n) is 12.2. The van der Waals surface area contributed by atoms with Crippen LogP contribution in [0.1, 0.15) is 148 Å². The molecule has 0 aliphatic rings. The van der Waals surface area contributed by atoms with Crippen LogP contribution in [0.2, 0.25) is 5.28 Å². The van der Waals surface area contributed by atoms with E-state index in [1.807, 2.05) is 72.0 Å². The molecule has 466 valence electrons. The number of hydrogen-bond donors (Lipinski definition) is 5. The van der Waals surface area contributed by atoms with E-state index >= 15 is 0 Å². The molecule has 0 aliphatic heterocycles. The van der Waals surface area contributed by atoms with E-state index in [1.165, 1.54) is 22.7 Å². The number of hydrogen-bond acceptors (Lipinski definition) is 19. The minimum absolute atomic E-state index is 0.0283. The highest BCUT2D eigenvalue weighted by Crippen LogP contribution is 2.30. The smallest absolute Gasteiger partial charge is 0.407 e. The van der Waals surface area contributed by atoms with Gasteiger partial charge in [-0.1, -0.05) is 65.8 Å². The van der Waals surface area contributed by atoms with Crippen molar-refractivity contribution in [1.29, 1.82) is 0 Å². The van der Waals surface area contributed by atoms with Crippen LogP contribution >= 0.6 is 46.9 Å². The van der Waals surface area contributed by atoms with E-state index in [0.717, 1.165) is 70.2 Å². The number of carbonyl (C=O) groups excluding carboxylic acids is 4. The Hall–Kier alpha value is -7.60. The molecular formula is C63H83ClN14O6S3. The fourth-order valence-corrected chi connectivity index (χ4v) is 9.97. The van der Waals surface area contributed by atoms with Gasteiger partial charge in [-0.3, -0.25) is 19.0 Å². The molecule has 0 bridgehead atoms. The molecule has 20 nitrogen and oxygen atoms in total. The summed E-state index contributed by atoms with van der Waals surface area (Å²) < 4.78 is 13.7. The van der Waals surface area contributed by atoms with Crippen LogP contribution in [0.4, 0.5) is 26.9 Å². The summed E-state index contributed by atoms with van der Waals surface area (Å²) in [4.78, 5) is 75.9. The van der Waals surface area contributed by atoms with Gasteiger partial charge in [-0.05, 0) is 133 Å². The molecule has 0 radical (unpaired) electrons. The first kappa shape index (κ1) is 70.2. The summed E-state index contributed by atoms with van der Waals surface area (Å²) in [7, 11) is 0. The molecule has 8 rings (SSSR count). The lowest BCUT2D eigenvalue weighted by Gasteiger charge is -2.19. The first-order valence-electron chi connectivity index (χ1n) is 28.3.